The molecule has 0 aromatic carbocycles. The SMILES string of the molecule is Cc1cncc(C)c1-c1cc(C2CC2)on1. The second kappa shape index (κ2) is 3.44. The Balaban J connectivity index is 2.06. The molecule has 0 spiro atoms. The summed E-state index contributed by atoms with van der Waals surface area (Å²) in [5.41, 5.74) is 4.40. The van der Waals surface area contributed by atoms with E-state index in [2.05, 4.69) is 30.1 Å². The first-order valence-electron chi connectivity index (χ1n) is 5.64. The van der Waals surface area contributed by atoms with E-state index in [0.29, 0.717) is 5.92 Å². The molecule has 16 heavy (non-hydrogen) atoms. The van der Waals surface area contributed by atoms with E-state index in [1.807, 2.05) is 12.4 Å². The fourth-order valence-corrected chi connectivity index (χ4v) is 2.07. The van der Waals surface area contributed by atoms with Crippen LogP contribution in [0.15, 0.2) is 23.0 Å². The van der Waals surface area contributed by atoms with E-state index in [1.54, 1.807) is 0 Å². The molecule has 1 saturated carbocycles. The molecule has 2 aromatic rings. The number of hydrogen-bond acceptors (Lipinski definition) is 3. The Morgan fingerprint density at radius 2 is 1.88 bits per heavy atom. The zero-order chi connectivity index (χ0) is 11.1. The van der Waals surface area contributed by atoms with E-state index in [-0.39, 0.29) is 0 Å². The van der Waals surface area contributed by atoms with Crippen molar-refractivity contribution in [1.29, 1.82) is 0 Å². The van der Waals surface area contributed by atoms with E-state index >= 15 is 0 Å². The summed E-state index contributed by atoms with van der Waals surface area (Å²) in [6.45, 7) is 4.11. The molecule has 0 aliphatic heterocycles. The largest absolute Gasteiger partial charge is 0.360 e. The average Bonchev–Trinajstić information content (AvgIpc) is 2.99. The third kappa shape index (κ3) is 1.52. The molecule has 0 bridgehead atoms. The van der Waals surface area contributed by atoms with E-state index in [0.717, 1.165) is 28.1 Å². The zero-order valence-corrected chi connectivity index (χ0v) is 9.53. The highest BCUT2D eigenvalue weighted by Gasteiger charge is 2.28. The summed E-state index contributed by atoms with van der Waals surface area (Å²) in [5, 5.41) is 4.17. The maximum Gasteiger partial charge on any atom is 0.140 e. The molecule has 1 aliphatic rings. The predicted molar refractivity (Wildman–Crippen MR) is 61.2 cm³/mol. The van der Waals surface area contributed by atoms with Gasteiger partial charge in [-0.15, -0.1) is 0 Å². The summed E-state index contributed by atoms with van der Waals surface area (Å²) in [5.74, 6) is 1.65. The van der Waals surface area contributed by atoms with Crippen molar-refractivity contribution in [2.45, 2.75) is 32.6 Å². The fourth-order valence-electron chi connectivity index (χ4n) is 2.07. The van der Waals surface area contributed by atoms with Crippen LogP contribution in [-0.4, -0.2) is 10.1 Å². The van der Waals surface area contributed by atoms with Crippen LogP contribution in [0, 0.1) is 13.8 Å². The molecular weight excluding hydrogens is 200 g/mol. The van der Waals surface area contributed by atoms with Crippen molar-refractivity contribution in [3.8, 4) is 11.3 Å². The second-order valence-electron chi connectivity index (χ2n) is 4.54. The molecule has 3 rings (SSSR count). The van der Waals surface area contributed by atoms with Crippen molar-refractivity contribution in [3.63, 3.8) is 0 Å². The van der Waals surface area contributed by atoms with Crippen LogP contribution in [-0.2, 0) is 0 Å². The third-order valence-corrected chi connectivity index (χ3v) is 3.09. The highest BCUT2D eigenvalue weighted by atomic mass is 16.5. The van der Waals surface area contributed by atoms with Crippen molar-refractivity contribution < 1.29 is 4.52 Å². The number of nitrogens with zero attached hydrogens (tertiary/aromatic N) is 2. The van der Waals surface area contributed by atoms with E-state index < -0.39 is 0 Å². The van der Waals surface area contributed by atoms with Gasteiger partial charge in [0.15, 0.2) is 0 Å². The molecule has 0 radical (unpaired) electrons. The lowest BCUT2D eigenvalue weighted by atomic mass is 10.0. The molecule has 0 atom stereocenters. The standard InChI is InChI=1S/C13H14N2O/c1-8-6-14-7-9(2)13(8)11-5-12(16-15-11)10-3-4-10/h5-7,10H,3-4H2,1-2H3. The molecule has 82 valence electrons. The van der Waals surface area contributed by atoms with Gasteiger partial charge in [0.05, 0.1) is 0 Å². The molecule has 0 unspecified atom stereocenters. The fraction of sp³-hybridized carbons (Fsp3) is 0.385. The van der Waals surface area contributed by atoms with E-state index in [1.165, 1.54) is 12.8 Å². The van der Waals surface area contributed by atoms with Gasteiger partial charge in [0.1, 0.15) is 11.5 Å². The number of aromatic nitrogens is 2. The minimum Gasteiger partial charge on any atom is -0.360 e. The highest BCUT2D eigenvalue weighted by Crippen LogP contribution is 2.41. The Morgan fingerprint density at radius 1 is 1.19 bits per heavy atom. The van der Waals surface area contributed by atoms with Crippen LogP contribution in [0.4, 0.5) is 0 Å². The Hall–Kier alpha value is -1.64. The van der Waals surface area contributed by atoms with Crippen LogP contribution >= 0.6 is 0 Å². The molecule has 0 N–H and O–H groups in total. The quantitative estimate of drug-likeness (QED) is 0.770. The summed E-state index contributed by atoms with van der Waals surface area (Å²) < 4.78 is 5.38. The minimum atomic E-state index is 0.615. The Morgan fingerprint density at radius 3 is 2.50 bits per heavy atom. The molecule has 0 amide bonds. The summed E-state index contributed by atoms with van der Waals surface area (Å²) >= 11 is 0. The first-order valence-corrected chi connectivity index (χ1v) is 5.64. The molecule has 3 nitrogen and oxygen atoms in total. The van der Waals surface area contributed by atoms with Gasteiger partial charge in [-0.3, -0.25) is 4.98 Å². The molecule has 2 aromatic heterocycles. The van der Waals surface area contributed by atoms with Crippen LogP contribution in [0.3, 0.4) is 0 Å². The van der Waals surface area contributed by atoms with E-state index in [9.17, 15) is 0 Å². The van der Waals surface area contributed by atoms with Crippen molar-refractivity contribution in [2.24, 2.45) is 0 Å². The van der Waals surface area contributed by atoms with Gasteiger partial charge < -0.3 is 4.52 Å². The summed E-state index contributed by atoms with van der Waals surface area (Å²) in [6.07, 6.45) is 6.22. The van der Waals surface area contributed by atoms with Crippen LogP contribution in [0.25, 0.3) is 11.3 Å². The zero-order valence-electron chi connectivity index (χ0n) is 9.53. The van der Waals surface area contributed by atoms with Gasteiger partial charge in [-0.1, -0.05) is 5.16 Å². The topological polar surface area (TPSA) is 38.9 Å². The lowest BCUT2D eigenvalue weighted by Crippen LogP contribution is -1.89. The van der Waals surface area contributed by atoms with Gasteiger partial charge in [-0.25, -0.2) is 0 Å². The van der Waals surface area contributed by atoms with Crippen LogP contribution in [0.5, 0.6) is 0 Å². The maximum absolute atomic E-state index is 5.38. The lowest BCUT2D eigenvalue weighted by Gasteiger charge is -2.04. The van der Waals surface area contributed by atoms with E-state index in [4.69, 9.17) is 4.52 Å². The second-order valence-corrected chi connectivity index (χ2v) is 4.54. The number of aryl methyl sites for hydroxylation is 2. The van der Waals surface area contributed by atoms with Gasteiger partial charge >= 0.3 is 0 Å². The van der Waals surface area contributed by atoms with Gasteiger partial charge in [0.2, 0.25) is 0 Å². The van der Waals surface area contributed by atoms with Crippen molar-refractivity contribution in [2.75, 3.05) is 0 Å². The molecule has 1 fully saturated rings. The summed E-state index contributed by atoms with van der Waals surface area (Å²) in [6, 6.07) is 2.08. The smallest absolute Gasteiger partial charge is 0.140 e. The molecule has 2 heterocycles. The van der Waals surface area contributed by atoms with Crippen molar-refractivity contribution in [3.05, 3.63) is 35.3 Å². The van der Waals surface area contributed by atoms with Gasteiger partial charge in [0.25, 0.3) is 0 Å². The maximum atomic E-state index is 5.38. The van der Waals surface area contributed by atoms with Crippen LogP contribution in [0.2, 0.25) is 0 Å². The average molecular weight is 214 g/mol. The van der Waals surface area contributed by atoms with Gasteiger partial charge in [-0.2, -0.15) is 0 Å². The Bertz CT molecular complexity index is 506. The van der Waals surface area contributed by atoms with Crippen molar-refractivity contribution in [1.82, 2.24) is 10.1 Å². The predicted octanol–water partition coefficient (Wildman–Crippen LogP) is 3.23. The normalized spacial score (nSPS) is 15.4. The molecular formula is C13H14N2O. The Kier molecular flexibility index (Phi) is 2.06. The first-order chi connectivity index (χ1) is 7.75. The molecule has 0 saturated heterocycles. The first kappa shape index (κ1) is 9.58. The molecule has 3 heteroatoms. The molecule has 1 aliphatic carbocycles. The van der Waals surface area contributed by atoms with Crippen LogP contribution in [0.1, 0.15) is 35.6 Å². The minimum absolute atomic E-state index is 0.615. The lowest BCUT2D eigenvalue weighted by molar-refractivity contribution is 0.386. The third-order valence-electron chi connectivity index (χ3n) is 3.09. The summed E-state index contributed by atoms with van der Waals surface area (Å²) in [7, 11) is 0. The summed E-state index contributed by atoms with van der Waals surface area (Å²) in [4.78, 5) is 4.17. The highest BCUT2D eigenvalue weighted by molar-refractivity contribution is 5.66. The monoisotopic (exact) mass is 214 g/mol. The number of rotatable bonds is 2. The number of pyridine rings is 1. The van der Waals surface area contributed by atoms with Gasteiger partial charge in [-0.05, 0) is 37.8 Å². The van der Waals surface area contributed by atoms with Crippen molar-refractivity contribution >= 4 is 0 Å². The van der Waals surface area contributed by atoms with Crippen LogP contribution < -0.4 is 0 Å². The van der Waals surface area contributed by atoms with Gasteiger partial charge in [0, 0.05) is 29.9 Å². The Labute approximate surface area is 94.5 Å². The number of hydrogen-bond donors (Lipinski definition) is 0.